The number of likely N-dealkylation sites (tertiary alicyclic amines) is 1. The Balaban J connectivity index is 1.56. The van der Waals surface area contributed by atoms with Gasteiger partial charge in [0, 0.05) is 13.1 Å². The highest BCUT2D eigenvalue weighted by Crippen LogP contribution is 2.24. The van der Waals surface area contributed by atoms with E-state index in [1.165, 1.54) is 17.7 Å². The van der Waals surface area contributed by atoms with Crippen LogP contribution in [-0.2, 0) is 6.54 Å². The normalized spacial score (nSPS) is 22.0. The zero-order chi connectivity index (χ0) is 16.1. The number of halogens is 1. The topological polar surface area (TPSA) is 32.7 Å². The molecule has 0 aliphatic carbocycles. The lowest BCUT2D eigenvalue weighted by Gasteiger charge is -2.39. The predicted octanol–water partition coefficient (Wildman–Crippen LogP) is 3.23. The molecule has 1 atom stereocenters. The predicted molar refractivity (Wildman–Crippen MR) is 87.8 cm³/mol. The summed E-state index contributed by atoms with van der Waals surface area (Å²) in [6.07, 6.45) is 1.66. The van der Waals surface area contributed by atoms with Crippen molar-refractivity contribution in [3.8, 4) is 5.75 Å². The van der Waals surface area contributed by atoms with Crippen LogP contribution in [0.5, 0.6) is 5.75 Å². The Morgan fingerprint density at radius 2 is 1.83 bits per heavy atom. The molecular weight excluding hydrogens is 293 g/mol. The van der Waals surface area contributed by atoms with Crippen LogP contribution >= 0.6 is 0 Å². The summed E-state index contributed by atoms with van der Waals surface area (Å²) < 4.78 is 18.6. The largest absolute Gasteiger partial charge is 0.491 e. The van der Waals surface area contributed by atoms with Crippen LogP contribution in [0.3, 0.4) is 0 Å². The van der Waals surface area contributed by atoms with Crippen LogP contribution < -0.4 is 4.74 Å². The van der Waals surface area contributed by atoms with E-state index in [1.54, 1.807) is 12.1 Å². The molecule has 4 heteroatoms. The minimum absolute atomic E-state index is 0.226. The van der Waals surface area contributed by atoms with Gasteiger partial charge in [-0.15, -0.1) is 0 Å². The van der Waals surface area contributed by atoms with Crippen molar-refractivity contribution < 1.29 is 14.2 Å². The van der Waals surface area contributed by atoms with Crippen molar-refractivity contribution in [2.45, 2.75) is 25.0 Å². The number of ether oxygens (including phenoxy) is 1. The summed E-state index contributed by atoms with van der Waals surface area (Å²) in [6.45, 7) is 2.63. The maximum atomic E-state index is 12.9. The molecule has 1 unspecified atom stereocenters. The molecule has 3 nitrogen and oxygen atoms in total. The lowest BCUT2D eigenvalue weighted by atomic mass is 9.93. The number of nitrogens with zero attached hydrogens (tertiary/aromatic N) is 1. The average Bonchev–Trinajstić information content (AvgIpc) is 2.55. The lowest BCUT2D eigenvalue weighted by Crippen LogP contribution is -2.51. The van der Waals surface area contributed by atoms with Crippen molar-refractivity contribution in [3.63, 3.8) is 0 Å². The molecule has 122 valence electrons. The lowest BCUT2D eigenvalue weighted by molar-refractivity contribution is -0.0621. The van der Waals surface area contributed by atoms with Gasteiger partial charge in [-0.25, -0.2) is 4.39 Å². The van der Waals surface area contributed by atoms with Gasteiger partial charge in [-0.05, 0) is 49.2 Å². The Morgan fingerprint density at radius 1 is 1.09 bits per heavy atom. The van der Waals surface area contributed by atoms with Crippen molar-refractivity contribution >= 4 is 0 Å². The second-order valence-electron chi connectivity index (χ2n) is 6.27. The van der Waals surface area contributed by atoms with Crippen molar-refractivity contribution in [2.24, 2.45) is 0 Å². The molecule has 1 saturated heterocycles. The van der Waals surface area contributed by atoms with Gasteiger partial charge in [-0.1, -0.05) is 30.3 Å². The highest BCUT2D eigenvalue weighted by atomic mass is 19.1. The molecule has 0 saturated carbocycles. The second-order valence-corrected chi connectivity index (χ2v) is 6.27. The van der Waals surface area contributed by atoms with E-state index in [0.717, 1.165) is 25.9 Å². The second kappa shape index (κ2) is 7.11. The van der Waals surface area contributed by atoms with Crippen molar-refractivity contribution in [3.05, 3.63) is 66.0 Å². The van der Waals surface area contributed by atoms with Crippen molar-refractivity contribution in [1.29, 1.82) is 0 Å². The molecular formula is C19H22FNO2. The number of piperidine rings is 1. The number of hydrogen-bond acceptors (Lipinski definition) is 3. The van der Waals surface area contributed by atoms with Gasteiger partial charge < -0.3 is 9.84 Å². The van der Waals surface area contributed by atoms with Crippen LogP contribution in [0.4, 0.5) is 4.39 Å². The molecule has 0 bridgehead atoms. The van der Waals surface area contributed by atoms with E-state index in [4.69, 9.17) is 4.74 Å². The molecule has 1 fully saturated rings. The minimum atomic E-state index is -0.860. The summed E-state index contributed by atoms with van der Waals surface area (Å²) in [5, 5.41) is 10.8. The molecule has 1 aliphatic heterocycles. The smallest absolute Gasteiger partial charge is 0.123 e. The quantitative estimate of drug-likeness (QED) is 0.919. The number of rotatable bonds is 5. The Hall–Kier alpha value is -1.91. The summed E-state index contributed by atoms with van der Waals surface area (Å²) in [4.78, 5) is 2.26. The maximum Gasteiger partial charge on any atom is 0.123 e. The first-order valence-electron chi connectivity index (χ1n) is 8.00. The Morgan fingerprint density at radius 3 is 2.57 bits per heavy atom. The van der Waals surface area contributed by atoms with Crippen LogP contribution in [0.15, 0.2) is 54.6 Å². The average molecular weight is 315 g/mol. The third-order valence-electron chi connectivity index (χ3n) is 4.20. The molecule has 2 aromatic rings. The number of benzene rings is 2. The van der Waals surface area contributed by atoms with Gasteiger partial charge in [0.15, 0.2) is 0 Å². The van der Waals surface area contributed by atoms with E-state index >= 15 is 0 Å². The van der Waals surface area contributed by atoms with Gasteiger partial charge >= 0.3 is 0 Å². The standard InChI is InChI=1S/C19H22FNO2/c20-17-7-9-18(10-8-17)23-15-19(22)11-4-12-21(14-19)13-16-5-2-1-3-6-16/h1-3,5-10,22H,4,11-15H2. The van der Waals surface area contributed by atoms with E-state index in [9.17, 15) is 9.50 Å². The molecule has 1 aliphatic rings. The fraction of sp³-hybridized carbons (Fsp3) is 0.368. The summed E-state index contributed by atoms with van der Waals surface area (Å²) in [6, 6.07) is 16.2. The van der Waals surface area contributed by atoms with Gasteiger partial charge in [-0.3, -0.25) is 4.90 Å². The Labute approximate surface area is 136 Å². The monoisotopic (exact) mass is 315 g/mol. The minimum Gasteiger partial charge on any atom is -0.491 e. The molecule has 1 heterocycles. The SMILES string of the molecule is OC1(COc2ccc(F)cc2)CCCN(Cc2ccccc2)C1. The summed E-state index contributed by atoms with van der Waals surface area (Å²) >= 11 is 0. The fourth-order valence-electron chi connectivity index (χ4n) is 3.05. The molecule has 0 amide bonds. The number of hydrogen-bond donors (Lipinski definition) is 1. The number of β-amino-alcohol motifs (C(OH)–C–C–N with tert-alkyl or cyclic N) is 1. The van der Waals surface area contributed by atoms with E-state index in [2.05, 4.69) is 17.0 Å². The number of aliphatic hydroxyl groups is 1. The van der Waals surface area contributed by atoms with E-state index in [-0.39, 0.29) is 12.4 Å². The van der Waals surface area contributed by atoms with Gasteiger partial charge in [0.05, 0.1) is 0 Å². The van der Waals surface area contributed by atoms with E-state index in [0.29, 0.717) is 12.3 Å². The first kappa shape index (κ1) is 16.0. The van der Waals surface area contributed by atoms with Crippen LogP contribution in [0, 0.1) is 5.82 Å². The molecule has 0 spiro atoms. The third-order valence-corrected chi connectivity index (χ3v) is 4.20. The Kier molecular flexibility index (Phi) is 4.94. The van der Waals surface area contributed by atoms with Gasteiger partial charge in [-0.2, -0.15) is 0 Å². The maximum absolute atomic E-state index is 12.9. The summed E-state index contributed by atoms with van der Waals surface area (Å²) in [5.41, 5.74) is 0.387. The fourth-order valence-corrected chi connectivity index (χ4v) is 3.05. The van der Waals surface area contributed by atoms with Gasteiger partial charge in [0.1, 0.15) is 23.8 Å². The summed E-state index contributed by atoms with van der Waals surface area (Å²) in [7, 11) is 0. The molecule has 23 heavy (non-hydrogen) atoms. The van der Waals surface area contributed by atoms with Crippen LogP contribution in [0.1, 0.15) is 18.4 Å². The Bertz CT molecular complexity index is 617. The third kappa shape index (κ3) is 4.53. The zero-order valence-corrected chi connectivity index (χ0v) is 13.1. The van der Waals surface area contributed by atoms with E-state index < -0.39 is 5.60 Å². The van der Waals surface area contributed by atoms with Crippen LogP contribution in [0.25, 0.3) is 0 Å². The molecule has 3 rings (SSSR count). The van der Waals surface area contributed by atoms with E-state index in [1.807, 2.05) is 18.2 Å². The highest BCUT2D eigenvalue weighted by Gasteiger charge is 2.34. The molecule has 0 radical (unpaired) electrons. The van der Waals surface area contributed by atoms with Crippen LogP contribution in [-0.4, -0.2) is 35.3 Å². The molecule has 2 aromatic carbocycles. The molecule has 1 N–H and O–H groups in total. The van der Waals surface area contributed by atoms with Crippen molar-refractivity contribution in [2.75, 3.05) is 19.7 Å². The van der Waals surface area contributed by atoms with Crippen molar-refractivity contribution in [1.82, 2.24) is 4.90 Å². The zero-order valence-electron chi connectivity index (χ0n) is 13.1. The highest BCUT2D eigenvalue weighted by molar-refractivity contribution is 5.22. The first-order valence-corrected chi connectivity index (χ1v) is 8.00. The van der Waals surface area contributed by atoms with Gasteiger partial charge in [0.25, 0.3) is 0 Å². The molecule has 0 aromatic heterocycles. The van der Waals surface area contributed by atoms with Gasteiger partial charge in [0.2, 0.25) is 0 Å². The summed E-state index contributed by atoms with van der Waals surface area (Å²) in [5.74, 6) is 0.294. The van der Waals surface area contributed by atoms with Crippen LogP contribution in [0.2, 0.25) is 0 Å². The first-order chi connectivity index (χ1) is 11.1.